The molecule has 0 aromatic rings. The molecular formula is C17H30N2O2. The second kappa shape index (κ2) is 8.40. The number of carbonyl (C=O) groups excluding carboxylic acids is 2. The first-order valence-electron chi connectivity index (χ1n) is 8.82. The maximum atomic E-state index is 12.3. The lowest BCUT2D eigenvalue weighted by molar-refractivity contribution is -0.153. The minimum atomic E-state index is -0.139. The summed E-state index contributed by atoms with van der Waals surface area (Å²) in [7, 11) is 0. The van der Waals surface area contributed by atoms with Crippen molar-refractivity contribution in [3.05, 3.63) is 0 Å². The number of amides is 2. The quantitative estimate of drug-likeness (QED) is 0.613. The van der Waals surface area contributed by atoms with E-state index in [-0.39, 0.29) is 17.9 Å². The minimum absolute atomic E-state index is 0.139. The molecule has 0 aromatic heterocycles. The SMILES string of the molecule is CCCCCCCCCCN1CC(=O)N2CCCC2C1=O. The first kappa shape index (κ1) is 16.3. The lowest BCUT2D eigenvalue weighted by Crippen LogP contribution is -2.57. The number of hydrogen-bond donors (Lipinski definition) is 0. The second-order valence-electron chi connectivity index (χ2n) is 6.48. The van der Waals surface area contributed by atoms with Crippen LogP contribution in [0.15, 0.2) is 0 Å². The summed E-state index contributed by atoms with van der Waals surface area (Å²) < 4.78 is 0. The zero-order valence-electron chi connectivity index (χ0n) is 13.5. The molecule has 2 aliphatic rings. The van der Waals surface area contributed by atoms with Crippen LogP contribution >= 0.6 is 0 Å². The van der Waals surface area contributed by atoms with E-state index in [9.17, 15) is 9.59 Å². The largest absolute Gasteiger partial charge is 0.332 e. The molecule has 4 heteroatoms. The van der Waals surface area contributed by atoms with Crippen molar-refractivity contribution in [3.8, 4) is 0 Å². The van der Waals surface area contributed by atoms with Gasteiger partial charge in [-0.3, -0.25) is 9.59 Å². The Hall–Kier alpha value is -1.06. The molecule has 0 aromatic carbocycles. The standard InChI is InChI=1S/C17H30N2O2/c1-2-3-4-5-6-7-8-9-12-18-14-16(20)19-13-10-11-15(19)17(18)21/h15H,2-14H2,1H3. The monoisotopic (exact) mass is 294 g/mol. The van der Waals surface area contributed by atoms with Crippen LogP contribution < -0.4 is 0 Å². The summed E-state index contributed by atoms with van der Waals surface area (Å²) in [5, 5.41) is 0. The summed E-state index contributed by atoms with van der Waals surface area (Å²) in [4.78, 5) is 27.9. The van der Waals surface area contributed by atoms with Gasteiger partial charge in [-0.1, -0.05) is 51.9 Å². The Morgan fingerprint density at radius 1 is 1.00 bits per heavy atom. The third-order valence-corrected chi connectivity index (χ3v) is 4.78. The number of hydrogen-bond acceptors (Lipinski definition) is 2. The number of unbranched alkanes of at least 4 members (excludes halogenated alkanes) is 7. The van der Waals surface area contributed by atoms with Crippen LogP contribution in [0.5, 0.6) is 0 Å². The van der Waals surface area contributed by atoms with E-state index < -0.39 is 0 Å². The number of fused-ring (bicyclic) bond motifs is 1. The van der Waals surface area contributed by atoms with Gasteiger partial charge in [-0.25, -0.2) is 0 Å². The van der Waals surface area contributed by atoms with E-state index >= 15 is 0 Å². The molecule has 0 bridgehead atoms. The average molecular weight is 294 g/mol. The maximum Gasteiger partial charge on any atom is 0.245 e. The van der Waals surface area contributed by atoms with Crippen LogP contribution in [0.4, 0.5) is 0 Å². The summed E-state index contributed by atoms with van der Waals surface area (Å²) >= 11 is 0. The van der Waals surface area contributed by atoms with Crippen LogP contribution in [0.1, 0.15) is 71.1 Å². The third-order valence-electron chi connectivity index (χ3n) is 4.78. The van der Waals surface area contributed by atoms with Crippen molar-refractivity contribution in [3.63, 3.8) is 0 Å². The summed E-state index contributed by atoms with van der Waals surface area (Å²) in [6.45, 7) is 4.10. The van der Waals surface area contributed by atoms with Crippen molar-refractivity contribution in [2.75, 3.05) is 19.6 Å². The van der Waals surface area contributed by atoms with E-state index in [0.29, 0.717) is 6.54 Å². The van der Waals surface area contributed by atoms with E-state index in [2.05, 4.69) is 6.92 Å². The molecule has 1 unspecified atom stereocenters. The topological polar surface area (TPSA) is 40.6 Å². The highest BCUT2D eigenvalue weighted by Gasteiger charge is 2.41. The molecule has 21 heavy (non-hydrogen) atoms. The Morgan fingerprint density at radius 3 is 2.38 bits per heavy atom. The van der Waals surface area contributed by atoms with Gasteiger partial charge in [-0.2, -0.15) is 0 Å². The molecule has 2 heterocycles. The molecule has 120 valence electrons. The van der Waals surface area contributed by atoms with E-state index in [1.807, 2.05) is 0 Å². The molecule has 4 nitrogen and oxygen atoms in total. The van der Waals surface area contributed by atoms with Crippen molar-refractivity contribution in [2.45, 2.75) is 77.2 Å². The van der Waals surface area contributed by atoms with Crippen molar-refractivity contribution >= 4 is 11.8 Å². The van der Waals surface area contributed by atoms with Crippen LogP contribution in [0.25, 0.3) is 0 Å². The lowest BCUT2D eigenvalue weighted by Gasteiger charge is -2.36. The van der Waals surface area contributed by atoms with Crippen molar-refractivity contribution in [1.82, 2.24) is 9.80 Å². The Kier molecular flexibility index (Phi) is 6.52. The summed E-state index contributed by atoms with van der Waals surface area (Å²) in [6, 6.07) is -0.139. The first-order valence-corrected chi connectivity index (χ1v) is 8.82. The predicted molar refractivity (Wildman–Crippen MR) is 83.9 cm³/mol. The number of rotatable bonds is 9. The fraction of sp³-hybridized carbons (Fsp3) is 0.882. The molecule has 2 fully saturated rings. The Labute approximate surface area is 128 Å². The van der Waals surface area contributed by atoms with E-state index in [1.54, 1.807) is 9.80 Å². The van der Waals surface area contributed by atoms with Gasteiger partial charge in [0.2, 0.25) is 11.8 Å². The van der Waals surface area contributed by atoms with Crippen LogP contribution in [-0.2, 0) is 9.59 Å². The second-order valence-corrected chi connectivity index (χ2v) is 6.48. The molecule has 2 saturated heterocycles. The number of nitrogens with zero attached hydrogens (tertiary/aromatic N) is 2. The highest BCUT2D eigenvalue weighted by Crippen LogP contribution is 2.23. The average Bonchev–Trinajstić information content (AvgIpc) is 2.97. The van der Waals surface area contributed by atoms with Crippen molar-refractivity contribution in [2.24, 2.45) is 0 Å². The van der Waals surface area contributed by atoms with Gasteiger partial charge in [0.05, 0.1) is 6.54 Å². The van der Waals surface area contributed by atoms with Crippen molar-refractivity contribution < 1.29 is 9.59 Å². The summed E-state index contributed by atoms with van der Waals surface area (Å²) in [6.07, 6.45) is 12.0. The van der Waals surface area contributed by atoms with Gasteiger partial charge in [0.15, 0.2) is 0 Å². The number of carbonyl (C=O) groups is 2. The van der Waals surface area contributed by atoms with E-state index in [0.717, 1.165) is 32.4 Å². The van der Waals surface area contributed by atoms with Gasteiger partial charge in [-0.05, 0) is 19.3 Å². The highest BCUT2D eigenvalue weighted by atomic mass is 16.2. The molecule has 1 atom stereocenters. The van der Waals surface area contributed by atoms with E-state index in [4.69, 9.17) is 0 Å². The Bertz CT molecular complexity index is 357. The van der Waals surface area contributed by atoms with Crippen LogP contribution in [0, 0.1) is 0 Å². The summed E-state index contributed by atoms with van der Waals surface area (Å²) in [5.74, 6) is 0.340. The Morgan fingerprint density at radius 2 is 1.67 bits per heavy atom. The molecule has 0 N–H and O–H groups in total. The molecule has 2 amide bonds. The third kappa shape index (κ3) is 4.45. The van der Waals surface area contributed by atoms with Gasteiger partial charge in [0.1, 0.15) is 6.04 Å². The van der Waals surface area contributed by atoms with Gasteiger partial charge >= 0.3 is 0 Å². The highest BCUT2D eigenvalue weighted by molar-refractivity contribution is 5.95. The zero-order valence-corrected chi connectivity index (χ0v) is 13.5. The van der Waals surface area contributed by atoms with Crippen LogP contribution in [0.3, 0.4) is 0 Å². The minimum Gasteiger partial charge on any atom is -0.332 e. The molecule has 2 rings (SSSR count). The van der Waals surface area contributed by atoms with Gasteiger partial charge in [-0.15, -0.1) is 0 Å². The fourth-order valence-electron chi connectivity index (χ4n) is 3.49. The normalized spacial score (nSPS) is 22.0. The molecular weight excluding hydrogens is 264 g/mol. The van der Waals surface area contributed by atoms with Crippen LogP contribution in [0.2, 0.25) is 0 Å². The Balaban J connectivity index is 1.60. The van der Waals surface area contributed by atoms with Gasteiger partial charge in [0, 0.05) is 13.1 Å². The lowest BCUT2D eigenvalue weighted by atomic mass is 10.1. The van der Waals surface area contributed by atoms with Crippen molar-refractivity contribution in [1.29, 1.82) is 0 Å². The first-order chi connectivity index (χ1) is 10.2. The zero-order chi connectivity index (χ0) is 15.1. The molecule has 0 radical (unpaired) electrons. The smallest absolute Gasteiger partial charge is 0.245 e. The van der Waals surface area contributed by atoms with Gasteiger partial charge in [0.25, 0.3) is 0 Å². The number of piperazine rings is 1. The van der Waals surface area contributed by atoms with Gasteiger partial charge < -0.3 is 9.80 Å². The fourth-order valence-corrected chi connectivity index (χ4v) is 3.49. The molecule has 0 aliphatic carbocycles. The van der Waals surface area contributed by atoms with E-state index in [1.165, 1.54) is 44.9 Å². The predicted octanol–water partition coefficient (Wildman–Crippen LogP) is 2.96. The molecule has 0 spiro atoms. The van der Waals surface area contributed by atoms with Crippen LogP contribution in [-0.4, -0.2) is 47.3 Å². The molecule has 2 aliphatic heterocycles. The molecule has 0 saturated carbocycles. The summed E-state index contributed by atoms with van der Waals surface area (Å²) in [5.41, 5.74) is 0. The maximum absolute atomic E-state index is 12.3.